The fraction of sp³-hybridized carbons (Fsp3) is 0.667. The Morgan fingerprint density at radius 3 is 1.20 bits per heavy atom. The van der Waals surface area contributed by atoms with Crippen LogP contribution < -0.4 is 0 Å². The number of hydrogen-bond donors (Lipinski definition) is 4. The van der Waals surface area contributed by atoms with Crippen molar-refractivity contribution in [2.24, 2.45) is 16.2 Å². The van der Waals surface area contributed by atoms with Gasteiger partial charge in [-0.3, -0.25) is 19.2 Å². The van der Waals surface area contributed by atoms with Crippen LogP contribution in [0.2, 0.25) is 0 Å². The third kappa shape index (κ3) is 1.31. The highest BCUT2D eigenvalue weighted by atomic mass is 16.4. The quantitative estimate of drug-likeness (QED) is 0.516. The number of aliphatic carboxylic acids is 4. The zero-order valence-corrected chi connectivity index (χ0v) is 11.0. The SMILES string of the molecule is CCC1(C(=O)O)CC(CC)(C(=O)O)C1(C(=O)O)C(=O)O. The van der Waals surface area contributed by atoms with Gasteiger partial charge in [0.2, 0.25) is 0 Å². The number of carboxylic acids is 4. The molecule has 0 aliphatic heterocycles. The predicted molar refractivity (Wildman–Crippen MR) is 63.0 cm³/mol. The van der Waals surface area contributed by atoms with Crippen LogP contribution in [0.3, 0.4) is 0 Å². The zero-order valence-electron chi connectivity index (χ0n) is 11.0. The molecule has 8 nitrogen and oxygen atoms in total. The van der Waals surface area contributed by atoms with Crippen LogP contribution >= 0.6 is 0 Å². The molecule has 0 aromatic carbocycles. The number of carbonyl (C=O) groups is 4. The van der Waals surface area contributed by atoms with E-state index >= 15 is 0 Å². The molecule has 1 rings (SSSR count). The molecular formula is C12H16O8. The van der Waals surface area contributed by atoms with Gasteiger partial charge in [-0.15, -0.1) is 0 Å². The van der Waals surface area contributed by atoms with E-state index in [1.165, 1.54) is 13.8 Å². The van der Waals surface area contributed by atoms with Crippen molar-refractivity contribution in [1.82, 2.24) is 0 Å². The van der Waals surface area contributed by atoms with Gasteiger partial charge in [-0.25, -0.2) is 0 Å². The maximum atomic E-state index is 11.6. The van der Waals surface area contributed by atoms with Gasteiger partial charge in [0.15, 0.2) is 5.41 Å². The van der Waals surface area contributed by atoms with Gasteiger partial charge in [0.05, 0.1) is 10.8 Å². The van der Waals surface area contributed by atoms with E-state index in [4.69, 9.17) is 0 Å². The smallest absolute Gasteiger partial charge is 0.323 e. The molecule has 0 amide bonds. The lowest BCUT2D eigenvalue weighted by atomic mass is 9.34. The number of rotatable bonds is 6. The summed E-state index contributed by atoms with van der Waals surface area (Å²) in [5.41, 5.74) is -7.13. The second-order valence-corrected chi connectivity index (χ2v) is 5.02. The Morgan fingerprint density at radius 1 is 0.750 bits per heavy atom. The summed E-state index contributed by atoms with van der Waals surface area (Å²) in [7, 11) is 0. The summed E-state index contributed by atoms with van der Waals surface area (Å²) in [6, 6.07) is 0. The molecule has 0 spiro atoms. The molecule has 1 saturated carbocycles. The first-order valence-electron chi connectivity index (χ1n) is 6.04. The lowest BCUT2D eigenvalue weighted by Crippen LogP contribution is -2.77. The minimum atomic E-state index is -2.87. The maximum absolute atomic E-state index is 11.6. The highest BCUT2D eigenvalue weighted by Gasteiger charge is 2.86. The van der Waals surface area contributed by atoms with Gasteiger partial charge in [-0.2, -0.15) is 0 Å². The summed E-state index contributed by atoms with van der Waals surface area (Å²) in [6.07, 6.45) is -1.08. The van der Waals surface area contributed by atoms with Crippen LogP contribution in [0.4, 0.5) is 0 Å². The highest BCUT2D eigenvalue weighted by molar-refractivity contribution is 6.11. The Balaban J connectivity index is 3.75. The van der Waals surface area contributed by atoms with Gasteiger partial charge < -0.3 is 20.4 Å². The van der Waals surface area contributed by atoms with Crippen LogP contribution in [0, 0.1) is 16.2 Å². The van der Waals surface area contributed by atoms with Crippen LogP contribution in [0.15, 0.2) is 0 Å². The molecule has 0 aromatic rings. The first-order valence-corrected chi connectivity index (χ1v) is 6.04. The predicted octanol–water partition coefficient (Wildman–Crippen LogP) is 0.508. The molecule has 2 atom stereocenters. The van der Waals surface area contributed by atoms with Gasteiger partial charge in [0.1, 0.15) is 0 Å². The molecular weight excluding hydrogens is 272 g/mol. The van der Waals surface area contributed by atoms with E-state index in [0.29, 0.717) is 0 Å². The summed E-state index contributed by atoms with van der Waals surface area (Å²) in [5, 5.41) is 37.4. The average molecular weight is 288 g/mol. The minimum Gasteiger partial charge on any atom is -0.481 e. The van der Waals surface area contributed by atoms with Crippen LogP contribution in [-0.4, -0.2) is 44.3 Å². The van der Waals surface area contributed by atoms with Crippen molar-refractivity contribution in [3.05, 3.63) is 0 Å². The number of hydrogen-bond acceptors (Lipinski definition) is 4. The normalized spacial score (nSPS) is 31.1. The second kappa shape index (κ2) is 4.46. The van der Waals surface area contributed by atoms with Gasteiger partial charge in [-0.1, -0.05) is 13.8 Å². The molecule has 0 radical (unpaired) electrons. The molecule has 0 bridgehead atoms. The molecule has 1 aliphatic rings. The Kier molecular flexibility index (Phi) is 3.56. The second-order valence-electron chi connectivity index (χ2n) is 5.02. The lowest BCUT2D eigenvalue weighted by Gasteiger charge is -2.61. The fourth-order valence-corrected chi connectivity index (χ4v) is 3.60. The standard InChI is InChI=1S/C12H16O8/c1-3-10(6(13)14)5-11(4-2,7(15)16)12(10,8(17)18)9(19)20/h3-5H2,1-2H3,(H,13,14)(H,15,16)(H,17,18)(H,19,20). The lowest BCUT2D eigenvalue weighted by molar-refractivity contribution is -0.248. The van der Waals surface area contributed by atoms with Crippen LogP contribution in [0.25, 0.3) is 0 Å². The topological polar surface area (TPSA) is 149 Å². The van der Waals surface area contributed by atoms with E-state index in [0.717, 1.165) is 0 Å². The first kappa shape index (κ1) is 15.9. The van der Waals surface area contributed by atoms with E-state index in [-0.39, 0.29) is 12.8 Å². The molecule has 1 fully saturated rings. The summed E-state index contributed by atoms with van der Waals surface area (Å²) in [6.45, 7) is 2.69. The van der Waals surface area contributed by atoms with E-state index in [1.807, 2.05) is 0 Å². The van der Waals surface area contributed by atoms with E-state index in [1.54, 1.807) is 0 Å². The Hall–Kier alpha value is -2.12. The zero-order chi connectivity index (χ0) is 15.9. The van der Waals surface area contributed by atoms with Crippen molar-refractivity contribution in [2.75, 3.05) is 0 Å². The van der Waals surface area contributed by atoms with E-state index < -0.39 is 46.5 Å². The third-order valence-electron chi connectivity index (χ3n) is 4.71. The molecule has 1 aliphatic carbocycles. The molecule has 4 N–H and O–H groups in total. The summed E-state index contributed by atoms with van der Waals surface area (Å²) < 4.78 is 0. The molecule has 8 heteroatoms. The monoisotopic (exact) mass is 288 g/mol. The first-order chi connectivity index (χ1) is 9.10. The van der Waals surface area contributed by atoms with Gasteiger partial charge in [-0.05, 0) is 19.3 Å². The summed E-state index contributed by atoms with van der Waals surface area (Å²) >= 11 is 0. The Labute approximate surface area is 114 Å². The van der Waals surface area contributed by atoms with E-state index in [9.17, 15) is 39.6 Å². The van der Waals surface area contributed by atoms with Crippen molar-refractivity contribution < 1.29 is 39.6 Å². The van der Waals surface area contributed by atoms with Gasteiger partial charge in [0.25, 0.3) is 0 Å². The molecule has 20 heavy (non-hydrogen) atoms. The number of carboxylic acid groups (broad SMARTS) is 4. The third-order valence-corrected chi connectivity index (χ3v) is 4.71. The molecule has 0 saturated heterocycles. The highest BCUT2D eigenvalue weighted by Crippen LogP contribution is 2.71. The average Bonchev–Trinajstić information content (AvgIpc) is 2.27. The fourth-order valence-electron chi connectivity index (χ4n) is 3.60. The van der Waals surface area contributed by atoms with Crippen molar-refractivity contribution in [3.8, 4) is 0 Å². The van der Waals surface area contributed by atoms with Crippen molar-refractivity contribution in [1.29, 1.82) is 0 Å². The van der Waals surface area contributed by atoms with Crippen LogP contribution in [-0.2, 0) is 19.2 Å². The molecule has 112 valence electrons. The molecule has 0 aromatic heterocycles. The molecule has 2 unspecified atom stereocenters. The van der Waals surface area contributed by atoms with Gasteiger partial charge in [0, 0.05) is 0 Å². The Bertz CT molecular complexity index is 452. The van der Waals surface area contributed by atoms with Crippen molar-refractivity contribution >= 4 is 23.9 Å². The van der Waals surface area contributed by atoms with Crippen LogP contribution in [0.5, 0.6) is 0 Å². The van der Waals surface area contributed by atoms with Crippen molar-refractivity contribution in [2.45, 2.75) is 33.1 Å². The molecule has 0 heterocycles. The van der Waals surface area contributed by atoms with Crippen LogP contribution in [0.1, 0.15) is 33.1 Å². The Morgan fingerprint density at radius 2 is 1.05 bits per heavy atom. The van der Waals surface area contributed by atoms with E-state index in [2.05, 4.69) is 0 Å². The largest absolute Gasteiger partial charge is 0.481 e. The van der Waals surface area contributed by atoms with Gasteiger partial charge >= 0.3 is 23.9 Å². The summed E-state index contributed by atoms with van der Waals surface area (Å²) in [4.78, 5) is 46.1. The van der Waals surface area contributed by atoms with Crippen molar-refractivity contribution in [3.63, 3.8) is 0 Å². The minimum absolute atomic E-state index is 0.282. The maximum Gasteiger partial charge on any atom is 0.323 e. The summed E-state index contributed by atoms with van der Waals surface area (Å²) in [5.74, 6) is -7.06.